The van der Waals surface area contributed by atoms with Crippen molar-refractivity contribution in [2.45, 2.75) is 82.9 Å². The summed E-state index contributed by atoms with van der Waals surface area (Å²) in [5.74, 6) is 0.132. The SMILES string of the molecule is COC(C)(C)Cn1ccc(NC(=O)[C@H](CC2CCCC2)N2Cc3ccccc3C2C(F)(F)F)n1. The summed E-state index contributed by atoms with van der Waals surface area (Å²) in [7, 11) is 1.62. The average Bonchev–Trinajstić information content (AvgIpc) is 3.51. The van der Waals surface area contributed by atoms with Gasteiger partial charge in [-0.05, 0) is 37.3 Å². The number of nitrogens with zero attached hydrogens (tertiary/aromatic N) is 3. The Hall–Kier alpha value is -2.39. The quantitative estimate of drug-likeness (QED) is 0.558. The minimum absolute atomic E-state index is 0.0988. The summed E-state index contributed by atoms with van der Waals surface area (Å²) in [5, 5.41) is 7.19. The van der Waals surface area contributed by atoms with Crippen LogP contribution in [0.1, 0.15) is 63.1 Å². The predicted molar refractivity (Wildman–Crippen MR) is 123 cm³/mol. The molecule has 2 atom stereocenters. The molecule has 34 heavy (non-hydrogen) atoms. The van der Waals surface area contributed by atoms with Gasteiger partial charge in [0, 0.05) is 25.9 Å². The first-order valence-electron chi connectivity index (χ1n) is 11.9. The number of hydrogen-bond acceptors (Lipinski definition) is 4. The zero-order valence-electron chi connectivity index (χ0n) is 19.9. The van der Waals surface area contributed by atoms with E-state index in [-0.39, 0.29) is 18.0 Å². The van der Waals surface area contributed by atoms with Gasteiger partial charge in [0.15, 0.2) is 5.82 Å². The molecule has 186 valence electrons. The number of methoxy groups -OCH3 is 1. The number of hydrogen-bond donors (Lipinski definition) is 1. The first-order valence-corrected chi connectivity index (χ1v) is 11.9. The Morgan fingerprint density at radius 2 is 1.91 bits per heavy atom. The summed E-state index contributed by atoms with van der Waals surface area (Å²) < 4.78 is 49.8. The molecule has 1 amide bonds. The van der Waals surface area contributed by atoms with E-state index in [0.29, 0.717) is 24.3 Å². The minimum atomic E-state index is -4.48. The largest absolute Gasteiger partial charge is 0.408 e. The van der Waals surface area contributed by atoms with Crippen molar-refractivity contribution >= 4 is 11.7 Å². The van der Waals surface area contributed by atoms with Gasteiger partial charge in [-0.15, -0.1) is 0 Å². The molecule has 4 rings (SSSR count). The Kier molecular flexibility index (Phi) is 7.05. The van der Waals surface area contributed by atoms with Crippen LogP contribution < -0.4 is 5.32 Å². The Morgan fingerprint density at radius 1 is 1.21 bits per heavy atom. The normalized spacial score (nSPS) is 20.5. The molecule has 1 unspecified atom stereocenters. The van der Waals surface area contributed by atoms with E-state index >= 15 is 0 Å². The van der Waals surface area contributed by atoms with Gasteiger partial charge in [-0.25, -0.2) is 0 Å². The molecule has 2 heterocycles. The average molecular weight is 479 g/mol. The summed E-state index contributed by atoms with van der Waals surface area (Å²) in [5.41, 5.74) is 0.421. The van der Waals surface area contributed by atoms with Crippen LogP contribution in [-0.4, -0.2) is 45.5 Å². The number of benzene rings is 1. The van der Waals surface area contributed by atoms with E-state index in [1.54, 1.807) is 42.3 Å². The van der Waals surface area contributed by atoms with Crippen LogP contribution in [0.2, 0.25) is 0 Å². The fourth-order valence-corrected chi connectivity index (χ4v) is 5.20. The monoisotopic (exact) mass is 478 g/mol. The van der Waals surface area contributed by atoms with Crippen molar-refractivity contribution in [1.29, 1.82) is 0 Å². The van der Waals surface area contributed by atoms with Crippen molar-refractivity contribution in [3.8, 4) is 0 Å². The van der Waals surface area contributed by atoms with Crippen LogP contribution in [0.25, 0.3) is 0 Å². The van der Waals surface area contributed by atoms with Crippen LogP contribution in [0.5, 0.6) is 0 Å². The number of halogens is 3. The summed E-state index contributed by atoms with van der Waals surface area (Å²) >= 11 is 0. The van der Waals surface area contributed by atoms with Crippen LogP contribution >= 0.6 is 0 Å². The second-order valence-corrected chi connectivity index (χ2v) is 10.1. The van der Waals surface area contributed by atoms with Gasteiger partial charge in [-0.1, -0.05) is 49.9 Å². The Morgan fingerprint density at radius 3 is 2.59 bits per heavy atom. The van der Waals surface area contributed by atoms with Gasteiger partial charge in [-0.2, -0.15) is 18.3 Å². The Labute approximate surface area is 198 Å². The van der Waals surface area contributed by atoms with Crippen LogP contribution in [0.3, 0.4) is 0 Å². The van der Waals surface area contributed by atoms with Crippen molar-refractivity contribution < 1.29 is 22.7 Å². The second-order valence-electron chi connectivity index (χ2n) is 10.1. The summed E-state index contributed by atoms with van der Waals surface area (Å²) in [4.78, 5) is 14.8. The van der Waals surface area contributed by atoms with E-state index < -0.39 is 29.8 Å². The lowest BCUT2D eigenvalue weighted by Gasteiger charge is -2.34. The third kappa shape index (κ3) is 5.46. The number of anilines is 1. The maximum absolute atomic E-state index is 14.2. The molecule has 0 spiro atoms. The number of fused-ring (bicyclic) bond motifs is 1. The zero-order valence-corrected chi connectivity index (χ0v) is 19.9. The molecule has 1 aromatic carbocycles. The van der Waals surface area contributed by atoms with E-state index in [1.165, 1.54) is 11.0 Å². The summed E-state index contributed by atoms with van der Waals surface area (Å²) in [6, 6.07) is 5.59. The standard InChI is InChI=1S/C25H33F3N4O2/c1-24(2,34-3)16-31-13-12-21(30-31)29-23(33)20(14-17-8-4-5-9-17)32-15-18-10-6-7-11-19(18)22(32)25(26,27)28/h6-7,10-13,17,20,22H,4-5,8-9,14-16H2,1-3H3,(H,29,30,33)/t20-,22?/m0/s1. The minimum Gasteiger partial charge on any atom is -0.377 e. The highest BCUT2D eigenvalue weighted by Crippen LogP contribution is 2.47. The maximum Gasteiger partial charge on any atom is 0.408 e. The summed E-state index contributed by atoms with van der Waals surface area (Å²) in [6.07, 6.45) is 1.66. The van der Waals surface area contributed by atoms with Crippen LogP contribution in [-0.2, 0) is 22.6 Å². The first kappa shape index (κ1) is 24.7. The number of alkyl halides is 3. The molecule has 1 saturated carbocycles. The highest BCUT2D eigenvalue weighted by Gasteiger charge is 2.52. The molecule has 2 aliphatic rings. The van der Waals surface area contributed by atoms with Crippen LogP contribution in [0.4, 0.5) is 19.0 Å². The maximum atomic E-state index is 14.2. The molecule has 1 aliphatic carbocycles. The van der Waals surface area contributed by atoms with E-state index in [0.717, 1.165) is 25.7 Å². The lowest BCUT2D eigenvalue weighted by Crippen LogP contribution is -2.47. The molecule has 1 N–H and O–H groups in total. The van der Waals surface area contributed by atoms with Gasteiger partial charge >= 0.3 is 6.18 Å². The molecule has 1 aliphatic heterocycles. The van der Waals surface area contributed by atoms with Crippen LogP contribution in [0.15, 0.2) is 36.5 Å². The highest BCUT2D eigenvalue weighted by molar-refractivity contribution is 5.94. The van der Waals surface area contributed by atoms with Gasteiger partial charge in [0.05, 0.1) is 18.2 Å². The molecule has 1 fully saturated rings. The second kappa shape index (κ2) is 9.70. The van der Waals surface area contributed by atoms with Crippen molar-refractivity contribution in [2.75, 3.05) is 12.4 Å². The van der Waals surface area contributed by atoms with Gasteiger partial charge in [0.1, 0.15) is 6.04 Å². The van der Waals surface area contributed by atoms with E-state index in [4.69, 9.17) is 4.74 Å². The molecular formula is C25H33F3N4O2. The first-order chi connectivity index (χ1) is 16.1. The molecule has 0 saturated heterocycles. The van der Waals surface area contributed by atoms with Gasteiger partial charge in [0.2, 0.25) is 5.91 Å². The number of aromatic nitrogens is 2. The fraction of sp³-hybridized carbons (Fsp3) is 0.600. The van der Waals surface area contributed by atoms with Gasteiger partial charge in [0.25, 0.3) is 0 Å². The number of ether oxygens (including phenoxy) is 1. The fourth-order valence-electron chi connectivity index (χ4n) is 5.20. The molecule has 0 radical (unpaired) electrons. The third-order valence-electron chi connectivity index (χ3n) is 7.07. The number of rotatable bonds is 8. The molecular weight excluding hydrogens is 445 g/mol. The molecule has 6 nitrogen and oxygen atoms in total. The smallest absolute Gasteiger partial charge is 0.377 e. The van der Waals surface area contributed by atoms with Crippen molar-refractivity contribution in [1.82, 2.24) is 14.7 Å². The topological polar surface area (TPSA) is 59.4 Å². The van der Waals surface area contributed by atoms with Crippen molar-refractivity contribution in [3.05, 3.63) is 47.7 Å². The Balaban J connectivity index is 1.58. The molecule has 2 aromatic rings. The Bertz CT molecular complexity index is 998. The van der Waals surface area contributed by atoms with E-state index in [2.05, 4.69) is 10.4 Å². The molecule has 1 aromatic heterocycles. The molecule has 9 heteroatoms. The van der Waals surface area contributed by atoms with Gasteiger partial charge in [-0.3, -0.25) is 14.4 Å². The van der Waals surface area contributed by atoms with Crippen molar-refractivity contribution in [3.63, 3.8) is 0 Å². The lowest BCUT2D eigenvalue weighted by molar-refractivity contribution is -0.190. The lowest BCUT2D eigenvalue weighted by atomic mass is 9.95. The van der Waals surface area contributed by atoms with Crippen molar-refractivity contribution in [2.24, 2.45) is 5.92 Å². The van der Waals surface area contributed by atoms with E-state index in [1.807, 2.05) is 13.8 Å². The highest BCUT2D eigenvalue weighted by atomic mass is 19.4. The van der Waals surface area contributed by atoms with Gasteiger partial charge < -0.3 is 10.1 Å². The number of carbonyl (C=O) groups excluding carboxylic acids is 1. The number of nitrogens with one attached hydrogen (secondary N) is 1. The van der Waals surface area contributed by atoms with E-state index in [9.17, 15) is 18.0 Å². The summed E-state index contributed by atoms with van der Waals surface area (Å²) in [6.45, 7) is 4.42. The zero-order chi connectivity index (χ0) is 24.5. The predicted octanol–water partition coefficient (Wildman–Crippen LogP) is 5.31. The molecule has 0 bridgehead atoms. The number of amides is 1. The third-order valence-corrected chi connectivity index (χ3v) is 7.07. The van der Waals surface area contributed by atoms with Crippen LogP contribution in [0, 0.1) is 5.92 Å². The number of carbonyl (C=O) groups is 1.